The molecule has 0 radical (unpaired) electrons. The Balaban J connectivity index is 4.40. The van der Waals surface area contributed by atoms with Crippen LogP contribution in [0.25, 0.3) is 0 Å². The van der Waals surface area contributed by atoms with Gasteiger partial charge in [-0.25, -0.2) is 4.79 Å². The Bertz CT molecular complexity index is 202. The van der Waals surface area contributed by atoms with Crippen LogP contribution >= 0.6 is 0 Å². The maximum Gasteiger partial charge on any atom is 0.456 e. The van der Waals surface area contributed by atoms with Crippen molar-refractivity contribution >= 4 is 5.97 Å². The lowest BCUT2D eigenvalue weighted by Crippen LogP contribution is -2.41. The van der Waals surface area contributed by atoms with Crippen molar-refractivity contribution in [1.29, 1.82) is 0 Å². The Labute approximate surface area is 82.4 Å². The second-order valence-corrected chi connectivity index (χ2v) is 3.45. The Morgan fingerprint density at radius 3 is 2.14 bits per heavy atom. The maximum absolute atomic E-state index is 13.0. The summed E-state index contributed by atoms with van der Waals surface area (Å²) in [4.78, 5) is 10.8. The average molecular weight is 210 g/mol. The van der Waals surface area contributed by atoms with E-state index >= 15 is 0 Å². The van der Waals surface area contributed by atoms with Gasteiger partial charge in [-0.2, -0.15) is 8.78 Å². The zero-order chi connectivity index (χ0) is 11.4. The molecule has 0 amide bonds. The lowest BCUT2D eigenvalue weighted by Gasteiger charge is -2.27. The van der Waals surface area contributed by atoms with E-state index < -0.39 is 17.7 Å². The lowest BCUT2D eigenvalue weighted by atomic mass is 10.1. The molecule has 0 aromatic rings. The van der Waals surface area contributed by atoms with Gasteiger partial charge in [-0.05, 0) is 27.2 Å². The number of rotatable bonds is 5. The van der Waals surface area contributed by atoms with Gasteiger partial charge in [-0.15, -0.1) is 0 Å². The molecular weight excluding hydrogens is 194 g/mol. The molecule has 0 spiro atoms. The SMILES string of the molecule is CCOC(=O)C(F)(F)OC(C)(C)CC. The fourth-order valence-corrected chi connectivity index (χ4v) is 0.676. The highest BCUT2D eigenvalue weighted by Crippen LogP contribution is 2.27. The minimum Gasteiger partial charge on any atom is -0.460 e. The summed E-state index contributed by atoms with van der Waals surface area (Å²) in [5.74, 6) is -1.64. The predicted octanol–water partition coefficient (Wildman–Crippen LogP) is 2.35. The van der Waals surface area contributed by atoms with Gasteiger partial charge in [0.25, 0.3) is 0 Å². The molecule has 0 aromatic carbocycles. The second-order valence-electron chi connectivity index (χ2n) is 3.45. The van der Waals surface area contributed by atoms with Crippen LogP contribution in [0.2, 0.25) is 0 Å². The first-order valence-electron chi connectivity index (χ1n) is 4.50. The molecule has 84 valence electrons. The number of hydrogen-bond donors (Lipinski definition) is 0. The van der Waals surface area contributed by atoms with Gasteiger partial charge in [0.15, 0.2) is 0 Å². The third kappa shape index (κ3) is 4.00. The Hall–Kier alpha value is -0.710. The molecule has 0 bridgehead atoms. The number of halogens is 2. The van der Waals surface area contributed by atoms with Crippen LogP contribution in [0.4, 0.5) is 8.78 Å². The number of alkyl halides is 2. The smallest absolute Gasteiger partial charge is 0.456 e. The van der Waals surface area contributed by atoms with Crippen molar-refractivity contribution < 1.29 is 23.0 Å². The van der Waals surface area contributed by atoms with Crippen molar-refractivity contribution in [1.82, 2.24) is 0 Å². The molecule has 0 atom stereocenters. The highest BCUT2D eigenvalue weighted by atomic mass is 19.3. The standard InChI is InChI=1S/C9H16F2O3/c1-5-8(3,4)14-9(10,11)7(12)13-6-2/h5-6H2,1-4H3. The van der Waals surface area contributed by atoms with Gasteiger partial charge >= 0.3 is 12.1 Å². The zero-order valence-corrected chi connectivity index (χ0v) is 8.89. The highest BCUT2D eigenvalue weighted by Gasteiger charge is 2.46. The summed E-state index contributed by atoms with van der Waals surface area (Å²) in [7, 11) is 0. The molecule has 0 aromatic heterocycles. The minimum atomic E-state index is -3.87. The summed E-state index contributed by atoms with van der Waals surface area (Å²) in [6.07, 6.45) is -3.49. The van der Waals surface area contributed by atoms with E-state index in [2.05, 4.69) is 9.47 Å². The summed E-state index contributed by atoms with van der Waals surface area (Å²) >= 11 is 0. The van der Waals surface area contributed by atoms with Crippen molar-refractivity contribution in [3.05, 3.63) is 0 Å². The quantitative estimate of drug-likeness (QED) is 0.653. The Kier molecular flexibility index (Phi) is 4.45. The fraction of sp³-hybridized carbons (Fsp3) is 0.889. The first kappa shape index (κ1) is 13.3. The molecular formula is C9H16F2O3. The van der Waals surface area contributed by atoms with Crippen LogP contribution in [-0.2, 0) is 14.3 Å². The van der Waals surface area contributed by atoms with E-state index in [-0.39, 0.29) is 6.61 Å². The van der Waals surface area contributed by atoms with Gasteiger partial charge < -0.3 is 9.47 Å². The zero-order valence-electron chi connectivity index (χ0n) is 8.89. The number of esters is 1. The van der Waals surface area contributed by atoms with Crippen molar-refractivity contribution in [3.63, 3.8) is 0 Å². The molecule has 3 nitrogen and oxygen atoms in total. The number of hydrogen-bond acceptors (Lipinski definition) is 3. The van der Waals surface area contributed by atoms with Gasteiger partial charge in [0, 0.05) is 0 Å². The van der Waals surface area contributed by atoms with Crippen LogP contribution in [-0.4, -0.2) is 24.3 Å². The average Bonchev–Trinajstić information content (AvgIpc) is 2.03. The summed E-state index contributed by atoms with van der Waals surface area (Å²) in [5, 5.41) is 0. The monoisotopic (exact) mass is 210 g/mol. The van der Waals surface area contributed by atoms with Crippen molar-refractivity contribution in [2.45, 2.75) is 45.8 Å². The first-order chi connectivity index (χ1) is 6.25. The van der Waals surface area contributed by atoms with Crippen molar-refractivity contribution in [3.8, 4) is 0 Å². The van der Waals surface area contributed by atoms with Gasteiger partial charge in [-0.3, -0.25) is 0 Å². The highest BCUT2D eigenvalue weighted by molar-refractivity contribution is 5.75. The molecule has 14 heavy (non-hydrogen) atoms. The number of ether oxygens (including phenoxy) is 2. The number of carbonyl (C=O) groups is 1. The molecule has 0 aliphatic heterocycles. The van der Waals surface area contributed by atoms with Crippen LogP contribution in [0.3, 0.4) is 0 Å². The van der Waals surface area contributed by atoms with Crippen LogP contribution in [0.1, 0.15) is 34.1 Å². The van der Waals surface area contributed by atoms with Crippen LogP contribution < -0.4 is 0 Å². The summed E-state index contributed by atoms with van der Waals surface area (Å²) < 4.78 is 34.5. The molecule has 0 aliphatic rings. The van der Waals surface area contributed by atoms with Gasteiger partial charge in [0.2, 0.25) is 0 Å². The molecule has 0 aliphatic carbocycles. The third-order valence-corrected chi connectivity index (χ3v) is 1.77. The third-order valence-electron chi connectivity index (χ3n) is 1.77. The first-order valence-corrected chi connectivity index (χ1v) is 4.50. The van der Waals surface area contributed by atoms with Crippen molar-refractivity contribution in [2.75, 3.05) is 6.61 Å². The molecule has 0 heterocycles. The topological polar surface area (TPSA) is 35.5 Å². The molecule has 0 N–H and O–H groups in total. The summed E-state index contributed by atoms with van der Waals surface area (Å²) in [5.41, 5.74) is -1.05. The van der Waals surface area contributed by atoms with Gasteiger partial charge in [0.1, 0.15) is 0 Å². The van der Waals surface area contributed by atoms with E-state index in [0.717, 1.165) is 0 Å². The van der Waals surface area contributed by atoms with E-state index in [1.807, 2.05) is 0 Å². The molecule has 0 unspecified atom stereocenters. The molecule has 0 saturated carbocycles. The van der Waals surface area contributed by atoms with Gasteiger partial charge in [-0.1, -0.05) is 6.92 Å². The van der Waals surface area contributed by atoms with E-state index in [1.165, 1.54) is 20.8 Å². The summed E-state index contributed by atoms with van der Waals surface area (Å²) in [6, 6.07) is 0. The number of carbonyl (C=O) groups excluding carboxylic acids is 1. The normalized spacial score (nSPS) is 12.7. The second kappa shape index (κ2) is 4.68. The lowest BCUT2D eigenvalue weighted by molar-refractivity contribution is -0.285. The predicted molar refractivity (Wildman–Crippen MR) is 47.0 cm³/mol. The molecule has 5 heteroatoms. The van der Waals surface area contributed by atoms with E-state index in [0.29, 0.717) is 6.42 Å². The maximum atomic E-state index is 13.0. The van der Waals surface area contributed by atoms with Crippen LogP contribution in [0.5, 0.6) is 0 Å². The largest absolute Gasteiger partial charge is 0.460 e. The van der Waals surface area contributed by atoms with E-state index in [1.54, 1.807) is 6.92 Å². The molecule has 0 saturated heterocycles. The summed E-state index contributed by atoms with van der Waals surface area (Å²) in [6.45, 7) is 6.03. The van der Waals surface area contributed by atoms with E-state index in [9.17, 15) is 13.6 Å². The minimum absolute atomic E-state index is 0.0929. The molecule has 0 rings (SSSR count). The van der Waals surface area contributed by atoms with Crippen LogP contribution in [0, 0.1) is 0 Å². The Morgan fingerprint density at radius 2 is 1.79 bits per heavy atom. The Morgan fingerprint density at radius 1 is 1.29 bits per heavy atom. The fourth-order valence-electron chi connectivity index (χ4n) is 0.676. The van der Waals surface area contributed by atoms with E-state index in [4.69, 9.17) is 0 Å². The molecule has 0 fully saturated rings. The van der Waals surface area contributed by atoms with Crippen LogP contribution in [0.15, 0.2) is 0 Å². The van der Waals surface area contributed by atoms with Crippen molar-refractivity contribution in [2.24, 2.45) is 0 Å². The van der Waals surface area contributed by atoms with Gasteiger partial charge in [0.05, 0.1) is 12.2 Å².